The van der Waals surface area contributed by atoms with E-state index in [2.05, 4.69) is 10.3 Å². The Morgan fingerprint density at radius 1 is 1.53 bits per heavy atom. The highest BCUT2D eigenvalue weighted by Gasteiger charge is 2.42. The number of carbonyl (C=O) groups excluding carboxylic acids is 1. The number of hydrogen-bond acceptors (Lipinski definition) is 3. The van der Waals surface area contributed by atoms with Crippen LogP contribution in [0.3, 0.4) is 0 Å². The molecule has 1 aliphatic carbocycles. The molecular weight excluding hydrogens is 264 g/mol. The Bertz CT molecular complexity index is 452. The summed E-state index contributed by atoms with van der Waals surface area (Å²) in [4.78, 5) is 16.1. The monoisotopic (exact) mass is 282 g/mol. The first-order valence-corrected chi connectivity index (χ1v) is 6.84. The van der Waals surface area contributed by atoms with E-state index in [0.717, 1.165) is 31.6 Å². The van der Waals surface area contributed by atoms with Crippen molar-refractivity contribution in [3.05, 3.63) is 28.5 Å². The lowest BCUT2D eigenvalue weighted by Crippen LogP contribution is -2.30. The molecule has 0 spiro atoms. The van der Waals surface area contributed by atoms with Gasteiger partial charge < -0.3 is 10.1 Å². The minimum atomic E-state index is -0.0870. The summed E-state index contributed by atoms with van der Waals surface area (Å²) in [5.41, 5.74) is 1.57. The van der Waals surface area contributed by atoms with Gasteiger partial charge in [-0.05, 0) is 43.7 Å². The van der Waals surface area contributed by atoms with Gasteiger partial charge in [0.15, 0.2) is 0 Å². The summed E-state index contributed by atoms with van der Waals surface area (Å²) in [5.74, 6) is -0.0870. The number of methoxy groups -OCH3 is 1. The molecule has 1 amide bonds. The molecule has 0 unspecified atom stereocenters. The van der Waals surface area contributed by atoms with Crippen LogP contribution in [-0.2, 0) is 4.74 Å². The zero-order valence-electron chi connectivity index (χ0n) is 11.3. The van der Waals surface area contributed by atoms with Crippen LogP contribution in [0.25, 0.3) is 0 Å². The molecule has 1 saturated carbocycles. The van der Waals surface area contributed by atoms with Crippen molar-refractivity contribution < 1.29 is 9.53 Å². The van der Waals surface area contributed by atoms with Crippen LogP contribution in [0.5, 0.6) is 0 Å². The quantitative estimate of drug-likeness (QED) is 0.816. The number of aryl methyl sites for hydroxylation is 1. The lowest BCUT2D eigenvalue weighted by molar-refractivity contribution is 0.0937. The Morgan fingerprint density at radius 2 is 2.26 bits per heavy atom. The van der Waals surface area contributed by atoms with Crippen molar-refractivity contribution in [2.45, 2.75) is 26.2 Å². The predicted molar refractivity (Wildman–Crippen MR) is 74.5 cm³/mol. The Balaban J connectivity index is 1.91. The molecule has 0 aliphatic heterocycles. The van der Waals surface area contributed by atoms with Crippen molar-refractivity contribution >= 4 is 17.5 Å². The van der Waals surface area contributed by atoms with Crippen molar-refractivity contribution in [2.24, 2.45) is 5.41 Å². The lowest BCUT2D eigenvalue weighted by atomic mass is 10.0. The molecule has 1 heterocycles. The maximum absolute atomic E-state index is 12.1. The first-order valence-electron chi connectivity index (χ1n) is 6.46. The standard InChI is InChI=1S/C14H19ClN2O2/c1-10-7-11(8-12(15)17-10)13(18)16-9-14(3-4-14)5-6-19-2/h7-8H,3-6,9H2,1-2H3,(H,16,18). The molecule has 19 heavy (non-hydrogen) atoms. The van der Waals surface area contributed by atoms with E-state index in [1.165, 1.54) is 0 Å². The first kappa shape index (κ1) is 14.3. The van der Waals surface area contributed by atoms with E-state index >= 15 is 0 Å². The van der Waals surface area contributed by atoms with Gasteiger partial charge in [-0.25, -0.2) is 4.98 Å². The molecule has 0 bridgehead atoms. The molecular formula is C14H19ClN2O2. The van der Waals surface area contributed by atoms with E-state index in [4.69, 9.17) is 16.3 Å². The van der Waals surface area contributed by atoms with Gasteiger partial charge >= 0.3 is 0 Å². The van der Waals surface area contributed by atoms with Crippen LogP contribution in [-0.4, -0.2) is 31.2 Å². The molecule has 1 aliphatic rings. The van der Waals surface area contributed by atoms with Crippen molar-refractivity contribution in [1.82, 2.24) is 10.3 Å². The normalized spacial score (nSPS) is 16.2. The van der Waals surface area contributed by atoms with E-state index in [9.17, 15) is 4.79 Å². The zero-order chi connectivity index (χ0) is 13.9. The molecule has 0 saturated heterocycles. The SMILES string of the molecule is COCCC1(CNC(=O)c2cc(C)nc(Cl)c2)CC1. The maximum Gasteiger partial charge on any atom is 0.251 e. The number of aromatic nitrogens is 1. The van der Waals surface area contributed by atoms with E-state index in [1.807, 2.05) is 6.92 Å². The Kier molecular flexibility index (Phi) is 4.42. The van der Waals surface area contributed by atoms with Crippen molar-refractivity contribution in [3.8, 4) is 0 Å². The van der Waals surface area contributed by atoms with Crippen molar-refractivity contribution in [2.75, 3.05) is 20.3 Å². The summed E-state index contributed by atoms with van der Waals surface area (Å²) in [5, 5.41) is 3.34. The molecule has 0 radical (unpaired) electrons. The van der Waals surface area contributed by atoms with Crippen LogP contribution in [0.4, 0.5) is 0 Å². The number of ether oxygens (including phenoxy) is 1. The summed E-state index contributed by atoms with van der Waals surface area (Å²) in [7, 11) is 1.70. The summed E-state index contributed by atoms with van der Waals surface area (Å²) in [6, 6.07) is 3.34. The fraction of sp³-hybridized carbons (Fsp3) is 0.571. The van der Waals surface area contributed by atoms with E-state index in [1.54, 1.807) is 19.2 Å². The molecule has 1 aromatic heterocycles. The van der Waals surface area contributed by atoms with Crippen LogP contribution in [0, 0.1) is 12.3 Å². The highest BCUT2D eigenvalue weighted by atomic mass is 35.5. The lowest BCUT2D eigenvalue weighted by Gasteiger charge is -2.15. The molecule has 1 aromatic rings. The van der Waals surface area contributed by atoms with Crippen LogP contribution in [0.15, 0.2) is 12.1 Å². The molecule has 0 aromatic carbocycles. The highest BCUT2D eigenvalue weighted by molar-refractivity contribution is 6.29. The molecule has 4 nitrogen and oxygen atoms in total. The Labute approximate surface area is 118 Å². The third-order valence-corrected chi connectivity index (χ3v) is 3.80. The van der Waals surface area contributed by atoms with Crippen LogP contribution in [0.1, 0.15) is 35.3 Å². The van der Waals surface area contributed by atoms with E-state index in [0.29, 0.717) is 17.3 Å². The number of amides is 1. The van der Waals surface area contributed by atoms with Gasteiger partial charge in [0.1, 0.15) is 5.15 Å². The smallest absolute Gasteiger partial charge is 0.251 e. The average Bonchev–Trinajstić information content (AvgIpc) is 3.13. The van der Waals surface area contributed by atoms with Gasteiger partial charge in [0.2, 0.25) is 0 Å². The van der Waals surface area contributed by atoms with Gasteiger partial charge in [-0.15, -0.1) is 0 Å². The van der Waals surface area contributed by atoms with Crippen molar-refractivity contribution in [3.63, 3.8) is 0 Å². The maximum atomic E-state index is 12.1. The van der Waals surface area contributed by atoms with Crippen LogP contribution >= 0.6 is 11.6 Å². The number of hydrogen-bond donors (Lipinski definition) is 1. The number of carbonyl (C=O) groups is 1. The van der Waals surface area contributed by atoms with E-state index in [-0.39, 0.29) is 11.3 Å². The second-order valence-corrected chi connectivity index (χ2v) is 5.63. The fourth-order valence-electron chi connectivity index (χ4n) is 2.14. The summed E-state index contributed by atoms with van der Waals surface area (Å²) >= 11 is 5.86. The number of halogens is 1. The van der Waals surface area contributed by atoms with Crippen molar-refractivity contribution in [1.29, 1.82) is 0 Å². The molecule has 0 atom stereocenters. The second-order valence-electron chi connectivity index (χ2n) is 5.25. The number of nitrogens with zero attached hydrogens (tertiary/aromatic N) is 1. The van der Waals surface area contributed by atoms with Crippen LogP contribution < -0.4 is 5.32 Å². The van der Waals surface area contributed by atoms with Gasteiger partial charge in [-0.2, -0.15) is 0 Å². The first-order chi connectivity index (χ1) is 9.04. The minimum absolute atomic E-state index is 0.0870. The predicted octanol–water partition coefficient (Wildman–Crippen LogP) is 2.59. The summed E-state index contributed by atoms with van der Waals surface area (Å²) in [6.07, 6.45) is 3.32. The van der Waals surface area contributed by atoms with Gasteiger partial charge in [0, 0.05) is 31.5 Å². The van der Waals surface area contributed by atoms with Gasteiger partial charge in [0.25, 0.3) is 5.91 Å². The fourth-order valence-corrected chi connectivity index (χ4v) is 2.39. The Morgan fingerprint density at radius 3 is 2.84 bits per heavy atom. The molecule has 104 valence electrons. The molecule has 1 fully saturated rings. The largest absolute Gasteiger partial charge is 0.385 e. The minimum Gasteiger partial charge on any atom is -0.385 e. The number of pyridine rings is 1. The summed E-state index contributed by atoms with van der Waals surface area (Å²) in [6.45, 7) is 3.27. The Hall–Kier alpha value is -1.13. The average molecular weight is 283 g/mol. The topological polar surface area (TPSA) is 51.2 Å². The second kappa shape index (κ2) is 5.88. The summed E-state index contributed by atoms with van der Waals surface area (Å²) < 4.78 is 5.10. The van der Waals surface area contributed by atoms with Gasteiger partial charge in [0.05, 0.1) is 0 Å². The number of nitrogens with one attached hydrogen (secondary N) is 1. The molecule has 1 N–H and O–H groups in total. The van der Waals surface area contributed by atoms with Gasteiger partial charge in [-0.3, -0.25) is 4.79 Å². The highest BCUT2D eigenvalue weighted by Crippen LogP contribution is 2.48. The molecule has 2 rings (SSSR count). The van der Waals surface area contributed by atoms with Gasteiger partial charge in [-0.1, -0.05) is 11.6 Å². The van der Waals surface area contributed by atoms with E-state index < -0.39 is 0 Å². The third-order valence-electron chi connectivity index (χ3n) is 3.60. The molecule has 5 heteroatoms. The number of rotatable bonds is 6. The zero-order valence-corrected chi connectivity index (χ0v) is 12.1. The van der Waals surface area contributed by atoms with Crippen LogP contribution in [0.2, 0.25) is 5.15 Å². The third kappa shape index (κ3) is 3.91.